The van der Waals surface area contributed by atoms with Crippen LogP contribution in [0.1, 0.15) is 61.2 Å². The minimum Gasteiger partial charge on any atom is -0.459 e. The molecule has 4 rings (SSSR count). The molecule has 0 aliphatic heterocycles. The lowest BCUT2D eigenvalue weighted by molar-refractivity contribution is 0.0827. The van der Waals surface area contributed by atoms with E-state index in [0.717, 1.165) is 12.5 Å². The monoisotopic (exact) mass is 438 g/mol. The van der Waals surface area contributed by atoms with Crippen molar-refractivity contribution in [3.05, 3.63) is 82.4 Å². The predicted octanol–water partition coefficient (Wildman–Crippen LogP) is 2.87. The minimum atomic E-state index is -0.798. The second kappa shape index (κ2) is 8.88. The number of aryl methyl sites for hydroxylation is 1. The summed E-state index contributed by atoms with van der Waals surface area (Å²) in [6.45, 7) is 1.69. The van der Waals surface area contributed by atoms with Gasteiger partial charge in [-0.25, -0.2) is 9.82 Å². The first kappa shape index (κ1) is 21.0. The molecule has 2 aromatic heterocycles. The van der Waals surface area contributed by atoms with Crippen LogP contribution in [0, 0.1) is 12.7 Å². The molecule has 1 aromatic carbocycles. The van der Waals surface area contributed by atoms with Gasteiger partial charge >= 0.3 is 11.8 Å². The van der Waals surface area contributed by atoms with Gasteiger partial charge in [-0.05, 0) is 44.0 Å². The van der Waals surface area contributed by atoms with Crippen LogP contribution in [0.4, 0.5) is 4.39 Å². The lowest BCUT2D eigenvalue weighted by Gasteiger charge is -2.13. The van der Waals surface area contributed by atoms with Gasteiger partial charge in [0.05, 0.1) is 17.5 Å². The molecule has 3 N–H and O–H groups in total. The fraction of sp³-hybridized carbons (Fsp3) is 0.182. The van der Waals surface area contributed by atoms with Crippen LogP contribution in [-0.2, 0) is 6.42 Å². The van der Waals surface area contributed by atoms with Crippen LogP contribution in [0.2, 0.25) is 0 Å². The molecule has 0 saturated carbocycles. The number of hydrogen-bond donors (Lipinski definition) is 3. The summed E-state index contributed by atoms with van der Waals surface area (Å²) in [6, 6.07) is 8.52. The largest absolute Gasteiger partial charge is 0.459 e. The summed E-state index contributed by atoms with van der Waals surface area (Å²) in [6.07, 6.45) is 3.28. The normalized spacial score (nSPS) is 14.0. The average molecular weight is 438 g/mol. The maximum Gasteiger partial charge on any atom is 0.307 e. The van der Waals surface area contributed by atoms with Crippen molar-refractivity contribution in [1.82, 2.24) is 16.3 Å². The molecule has 2 heterocycles. The summed E-state index contributed by atoms with van der Waals surface area (Å²) >= 11 is 0. The third-order valence-electron chi connectivity index (χ3n) is 4.98. The first-order chi connectivity index (χ1) is 15.5. The zero-order chi connectivity index (χ0) is 22.7. The molecule has 3 amide bonds. The molecular weight excluding hydrogens is 419 g/mol. The fourth-order valence-electron chi connectivity index (χ4n) is 3.46. The number of hydrazine groups is 1. The molecule has 0 saturated heterocycles. The van der Waals surface area contributed by atoms with Crippen molar-refractivity contribution >= 4 is 23.4 Å². The smallest absolute Gasteiger partial charge is 0.307 e. The number of hydrogen-bond acceptors (Lipinski definition) is 6. The first-order valence-electron chi connectivity index (χ1n) is 9.84. The number of carbonyl (C=O) groups is 3. The number of amides is 3. The van der Waals surface area contributed by atoms with Crippen molar-refractivity contribution in [2.45, 2.75) is 26.2 Å². The lowest BCUT2D eigenvalue weighted by Crippen LogP contribution is -2.42. The average Bonchev–Trinajstić information content (AvgIpc) is 3.45. The number of halogens is 1. The molecule has 0 fully saturated rings. The Morgan fingerprint density at radius 2 is 1.78 bits per heavy atom. The molecule has 9 nitrogen and oxygen atoms in total. The van der Waals surface area contributed by atoms with E-state index in [9.17, 15) is 18.8 Å². The van der Waals surface area contributed by atoms with Gasteiger partial charge in [-0.2, -0.15) is 5.10 Å². The summed E-state index contributed by atoms with van der Waals surface area (Å²) in [7, 11) is 0. The first-order valence-corrected chi connectivity index (χ1v) is 9.84. The lowest BCUT2D eigenvalue weighted by atomic mass is 9.93. The molecule has 0 radical (unpaired) electrons. The van der Waals surface area contributed by atoms with Crippen molar-refractivity contribution in [2.24, 2.45) is 5.10 Å². The third kappa shape index (κ3) is 4.15. The Kier molecular flexibility index (Phi) is 5.84. The molecule has 32 heavy (non-hydrogen) atoms. The van der Waals surface area contributed by atoms with Crippen molar-refractivity contribution in [3.8, 4) is 0 Å². The topological polar surface area (TPSA) is 126 Å². The quantitative estimate of drug-likeness (QED) is 0.540. The molecular formula is C22H19FN4O5. The van der Waals surface area contributed by atoms with E-state index >= 15 is 0 Å². The molecule has 10 heteroatoms. The van der Waals surface area contributed by atoms with E-state index in [-0.39, 0.29) is 17.1 Å². The van der Waals surface area contributed by atoms with Crippen LogP contribution in [0.3, 0.4) is 0 Å². The minimum absolute atomic E-state index is 0.00389. The standard InChI is InChI=1S/C22H19FN4O5/c1-12-18-15(24-26-21(29)17-10-5-11-31-17)8-4-9-16(18)32-19(12)22(30)27-25-20(28)13-6-2-3-7-14(13)23/h2-3,5-7,10-11H,4,8-9H2,1H3,(H,25,28)(H,26,29)(H,27,30)/b24-15+. The number of carbonyl (C=O) groups excluding carboxylic acids is 3. The number of nitrogens with one attached hydrogen (secondary N) is 3. The van der Waals surface area contributed by atoms with E-state index in [1.165, 1.54) is 30.5 Å². The maximum absolute atomic E-state index is 13.7. The van der Waals surface area contributed by atoms with Gasteiger partial charge in [0.25, 0.3) is 5.91 Å². The van der Waals surface area contributed by atoms with Crippen molar-refractivity contribution in [1.29, 1.82) is 0 Å². The zero-order valence-electron chi connectivity index (χ0n) is 17.0. The Hall–Kier alpha value is -4.21. The van der Waals surface area contributed by atoms with Crippen molar-refractivity contribution < 1.29 is 27.6 Å². The van der Waals surface area contributed by atoms with E-state index in [4.69, 9.17) is 8.83 Å². The molecule has 1 aliphatic carbocycles. The Balaban J connectivity index is 1.49. The van der Waals surface area contributed by atoms with Gasteiger partial charge in [0.2, 0.25) is 0 Å². The van der Waals surface area contributed by atoms with Gasteiger partial charge in [-0.1, -0.05) is 12.1 Å². The number of fused-ring (bicyclic) bond motifs is 1. The number of benzene rings is 1. The van der Waals surface area contributed by atoms with Gasteiger partial charge in [0.1, 0.15) is 11.6 Å². The third-order valence-corrected chi connectivity index (χ3v) is 4.98. The van der Waals surface area contributed by atoms with Crippen LogP contribution < -0.4 is 16.3 Å². The highest BCUT2D eigenvalue weighted by molar-refractivity contribution is 6.07. The SMILES string of the molecule is Cc1c(C(=O)NNC(=O)c2ccccc2F)oc2c1/C(=N/NC(=O)c1ccco1)CCC2. The Morgan fingerprint density at radius 1 is 1.00 bits per heavy atom. The molecule has 0 bridgehead atoms. The number of nitrogens with zero attached hydrogens (tertiary/aromatic N) is 1. The number of rotatable bonds is 4. The van der Waals surface area contributed by atoms with Crippen LogP contribution in [0.5, 0.6) is 0 Å². The highest BCUT2D eigenvalue weighted by Crippen LogP contribution is 2.29. The van der Waals surface area contributed by atoms with Crippen LogP contribution >= 0.6 is 0 Å². The number of furan rings is 2. The molecule has 1 aliphatic rings. The van der Waals surface area contributed by atoms with E-state index < -0.39 is 23.5 Å². The van der Waals surface area contributed by atoms with Crippen LogP contribution in [0.15, 0.2) is 56.6 Å². The van der Waals surface area contributed by atoms with Crippen LogP contribution in [-0.4, -0.2) is 23.4 Å². The predicted molar refractivity (Wildman–Crippen MR) is 110 cm³/mol. The van der Waals surface area contributed by atoms with Gasteiger partial charge < -0.3 is 8.83 Å². The van der Waals surface area contributed by atoms with Crippen molar-refractivity contribution in [2.75, 3.05) is 0 Å². The second-order valence-corrected chi connectivity index (χ2v) is 7.07. The molecule has 0 unspecified atom stereocenters. The summed E-state index contributed by atoms with van der Waals surface area (Å²) < 4.78 is 24.5. The van der Waals surface area contributed by atoms with E-state index in [0.29, 0.717) is 35.4 Å². The highest BCUT2D eigenvalue weighted by atomic mass is 19.1. The molecule has 164 valence electrons. The fourth-order valence-corrected chi connectivity index (χ4v) is 3.46. The zero-order valence-corrected chi connectivity index (χ0v) is 17.0. The van der Waals surface area contributed by atoms with Gasteiger partial charge in [0.15, 0.2) is 11.5 Å². The summed E-state index contributed by atoms with van der Waals surface area (Å²) in [5.74, 6) is -2.01. The Labute approximate surface area is 181 Å². The Bertz CT molecular complexity index is 1210. The summed E-state index contributed by atoms with van der Waals surface area (Å²) in [5, 5.41) is 4.19. The van der Waals surface area contributed by atoms with Crippen LogP contribution in [0.25, 0.3) is 0 Å². The van der Waals surface area contributed by atoms with E-state index in [1.54, 1.807) is 13.0 Å². The molecule has 3 aromatic rings. The van der Waals surface area contributed by atoms with E-state index in [2.05, 4.69) is 21.4 Å². The van der Waals surface area contributed by atoms with E-state index in [1.807, 2.05) is 0 Å². The number of hydrazone groups is 1. The molecule has 0 spiro atoms. The Morgan fingerprint density at radius 3 is 2.53 bits per heavy atom. The summed E-state index contributed by atoms with van der Waals surface area (Å²) in [5.41, 5.74) is 8.38. The molecule has 0 atom stereocenters. The second-order valence-electron chi connectivity index (χ2n) is 7.07. The van der Waals surface area contributed by atoms with Gasteiger partial charge in [-0.3, -0.25) is 25.2 Å². The van der Waals surface area contributed by atoms with Gasteiger partial charge in [0, 0.05) is 17.5 Å². The highest BCUT2D eigenvalue weighted by Gasteiger charge is 2.28. The van der Waals surface area contributed by atoms with Gasteiger partial charge in [-0.15, -0.1) is 0 Å². The van der Waals surface area contributed by atoms with Crippen molar-refractivity contribution in [3.63, 3.8) is 0 Å². The maximum atomic E-state index is 13.7. The summed E-state index contributed by atoms with van der Waals surface area (Å²) in [4.78, 5) is 36.8.